The van der Waals surface area contributed by atoms with Gasteiger partial charge >= 0.3 is 0 Å². The van der Waals surface area contributed by atoms with Gasteiger partial charge in [-0.1, -0.05) is 38.1 Å². The molecule has 1 fully saturated rings. The van der Waals surface area contributed by atoms with Crippen LogP contribution < -0.4 is 15.8 Å². The fourth-order valence-corrected chi connectivity index (χ4v) is 5.41. The first kappa shape index (κ1) is 20.7. The second kappa shape index (κ2) is 6.84. The van der Waals surface area contributed by atoms with Crippen molar-refractivity contribution in [3.8, 4) is 5.75 Å². The molecule has 0 radical (unpaired) electrons. The van der Waals surface area contributed by atoms with Crippen LogP contribution in [0.2, 0.25) is 0 Å². The van der Waals surface area contributed by atoms with Crippen LogP contribution in [-0.4, -0.2) is 27.0 Å². The number of nitrogens with zero attached hydrogens (tertiary/aromatic N) is 1. The fourth-order valence-electron chi connectivity index (χ4n) is 5.41. The van der Waals surface area contributed by atoms with E-state index >= 15 is 0 Å². The van der Waals surface area contributed by atoms with Crippen molar-refractivity contribution < 1.29 is 19.4 Å². The van der Waals surface area contributed by atoms with Gasteiger partial charge < -0.3 is 25.3 Å². The van der Waals surface area contributed by atoms with Crippen LogP contribution in [0.15, 0.2) is 77.8 Å². The molecule has 2 aromatic heterocycles. The number of fused-ring (bicyclic) bond motifs is 6. The lowest BCUT2D eigenvalue weighted by Crippen LogP contribution is -2.61. The highest BCUT2D eigenvalue weighted by molar-refractivity contribution is 6.16. The lowest BCUT2D eigenvalue weighted by atomic mass is 9.82. The number of rotatable bonds is 3. The maximum Gasteiger partial charge on any atom is 0.270 e. The minimum atomic E-state index is -2.09. The number of aromatic nitrogens is 1. The van der Waals surface area contributed by atoms with Crippen LogP contribution in [0.5, 0.6) is 5.75 Å². The second-order valence-corrected chi connectivity index (χ2v) is 9.51. The van der Waals surface area contributed by atoms with Gasteiger partial charge in [0.2, 0.25) is 11.3 Å². The first-order valence-corrected chi connectivity index (χ1v) is 11.5. The van der Waals surface area contributed by atoms with Crippen molar-refractivity contribution in [2.75, 3.05) is 0 Å². The minimum absolute atomic E-state index is 0.221. The molecule has 3 heterocycles. The van der Waals surface area contributed by atoms with Crippen molar-refractivity contribution in [3.63, 3.8) is 0 Å². The molecule has 0 saturated heterocycles. The number of ether oxygens (including phenoxy) is 1. The molecule has 0 bridgehead atoms. The zero-order valence-electron chi connectivity index (χ0n) is 19.0. The molecule has 7 heteroatoms. The van der Waals surface area contributed by atoms with E-state index in [1.807, 2.05) is 40.9 Å². The molecule has 34 heavy (non-hydrogen) atoms. The van der Waals surface area contributed by atoms with E-state index in [9.17, 15) is 14.7 Å². The monoisotopic (exact) mass is 455 g/mol. The number of hydrogen-bond acceptors (Lipinski definition) is 5. The Morgan fingerprint density at radius 3 is 2.82 bits per heavy atom. The third kappa shape index (κ3) is 2.50. The van der Waals surface area contributed by atoms with Crippen LogP contribution in [0.3, 0.4) is 0 Å². The standard InChI is InChI=1S/C27H25N3O4/c1-15(2)16-9-10-19-22(13-16)34-27(33)20-7-5-8-21(28)23(20)24(31)26(19,27)29-25(32)17-12-18-6-3-4-11-30(18)14-17/h3-4,6-7,9-15,33H,5,8,28H2,1-2H3,(H,29,32). The van der Waals surface area contributed by atoms with Crippen molar-refractivity contribution in [1.29, 1.82) is 0 Å². The van der Waals surface area contributed by atoms with Crippen LogP contribution in [0.4, 0.5) is 0 Å². The van der Waals surface area contributed by atoms with Crippen molar-refractivity contribution in [3.05, 3.63) is 94.5 Å². The summed E-state index contributed by atoms with van der Waals surface area (Å²) in [5.74, 6) is -2.42. The van der Waals surface area contributed by atoms with Gasteiger partial charge in [-0.3, -0.25) is 9.59 Å². The van der Waals surface area contributed by atoms with E-state index in [0.29, 0.717) is 41.0 Å². The van der Waals surface area contributed by atoms with Gasteiger partial charge in [-0.2, -0.15) is 0 Å². The molecule has 3 aromatic rings. The molecule has 0 spiro atoms. The summed E-state index contributed by atoms with van der Waals surface area (Å²) < 4.78 is 7.98. The summed E-state index contributed by atoms with van der Waals surface area (Å²) in [6.07, 6.45) is 6.41. The van der Waals surface area contributed by atoms with Crippen LogP contribution in [-0.2, 0) is 10.3 Å². The molecule has 2 atom stereocenters. The Hall–Kier alpha value is -3.84. The van der Waals surface area contributed by atoms with Crippen molar-refractivity contribution in [2.45, 2.75) is 43.9 Å². The molecule has 1 aromatic carbocycles. The first-order valence-electron chi connectivity index (χ1n) is 11.5. The van der Waals surface area contributed by atoms with E-state index in [1.165, 1.54) is 0 Å². The maximum absolute atomic E-state index is 14.0. The predicted molar refractivity (Wildman–Crippen MR) is 126 cm³/mol. The number of Topliss-reactive ketones (excluding diaryl/α,β-unsaturated/α-hetero) is 1. The number of carbonyl (C=O) groups excluding carboxylic acids is 2. The van der Waals surface area contributed by atoms with E-state index in [2.05, 4.69) is 19.2 Å². The number of carbonyl (C=O) groups is 2. The van der Waals surface area contributed by atoms with Crippen LogP contribution >= 0.6 is 0 Å². The van der Waals surface area contributed by atoms with Gasteiger partial charge in [0.1, 0.15) is 5.75 Å². The lowest BCUT2D eigenvalue weighted by molar-refractivity contribution is -0.152. The highest BCUT2D eigenvalue weighted by Gasteiger charge is 2.74. The summed E-state index contributed by atoms with van der Waals surface area (Å²) in [4.78, 5) is 27.6. The number of pyridine rings is 1. The number of nitrogens with two attached hydrogens (primary N) is 1. The van der Waals surface area contributed by atoms with E-state index in [4.69, 9.17) is 10.5 Å². The maximum atomic E-state index is 14.0. The fraction of sp³-hybridized carbons (Fsp3) is 0.259. The first-order chi connectivity index (χ1) is 16.3. The molecule has 1 saturated carbocycles. The Morgan fingerprint density at radius 2 is 2.06 bits per heavy atom. The summed E-state index contributed by atoms with van der Waals surface area (Å²) in [5, 5.41) is 14.9. The van der Waals surface area contributed by atoms with E-state index in [1.54, 1.807) is 24.4 Å². The molecular formula is C27H25N3O4. The Labute approximate surface area is 196 Å². The molecule has 1 amide bonds. The molecule has 4 N–H and O–H groups in total. The normalized spacial score (nSPS) is 25.2. The average Bonchev–Trinajstić information content (AvgIpc) is 3.41. The Kier molecular flexibility index (Phi) is 4.17. The largest absolute Gasteiger partial charge is 0.454 e. The smallest absolute Gasteiger partial charge is 0.270 e. The van der Waals surface area contributed by atoms with Crippen molar-refractivity contribution >= 4 is 17.2 Å². The number of ketones is 1. The second-order valence-electron chi connectivity index (χ2n) is 9.51. The number of hydrogen-bond donors (Lipinski definition) is 3. The predicted octanol–water partition coefficient (Wildman–Crippen LogP) is 3.28. The molecule has 6 rings (SSSR count). The van der Waals surface area contributed by atoms with Crippen LogP contribution in [0.1, 0.15) is 54.1 Å². The van der Waals surface area contributed by atoms with Crippen LogP contribution in [0.25, 0.3) is 5.52 Å². The average molecular weight is 456 g/mol. The van der Waals surface area contributed by atoms with Crippen LogP contribution in [0, 0.1) is 0 Å². The molecular weight excluding hydrogens is 430 g/mol. The van der Waals surface area contributed by atoms with Gasteiger partial charge in [-0.05, 0) is 48.6 Å². The van der Waals surface area contributed by atoms with Crippen molar-refractivity contribution in [1.82, 2.24) is 9.72 Å². The topological polar surface area (TPSA) is 106 Å². The van der Waals surface area contributed by atoms with Gasteiger partial charge in [-0.15, -0.1) is 0 Å². The number of allylic oxidation sites excluding steroid dienone is 2. The Morgan fingerprint density at radius 1 is 1.24 bits per heavy atom. The highest BCUT2D eigenvalue weighted by Crippen LogP contribution is 2.59. The zero-order valence-corrected chi connectivity index (χ0v) is 19.0. The summed E-state index contributed by atoms with van der Waals surface area (Å²) in [7, 11) is 0. The van der Waals surface area contributed by atoms with E-state index < -0.39 is 23.0 Å². The van der Waals surface area contributed by atoms with Crippen molar-refractivity contribution in [2.24, 2.45) is 5.73 Å². The molecule has 2 aliphatic carbocycles. The molecule has 172 valence electrons. The van der Waals surface area contributed by atoms with Gasteiger partial charge in [0, 0.05) is 40.3 Å². The SMILES string of the molecule is CC(C)c1ccc2c(c1)OC1(O)C3=CCCC(N)=C3C(=O)C21NC(=O)c1cc2ccccn2c1. The van der Waals surface area contributed by atoms with E-state index in [0.717, 1.165) is 11.1 Å². The number of nitrogens with one attached hydrogen (secondary N) is 1. The molecule has 2 unspecified atom stereocenters. The van der Waals surface area contributed by atoms with Gasteiger partial charge in [0.05, 0.1) is 5.56 Å². The zero-order chi connectivity index (χ0) is 23.8. The lowest BCUT2D eigenvalue weighted by Gasteiger charge is -2.34. The Balaban J connectivity index is 1.54. The third-order valence-corrected chi connectivity index (χ3v) is 7.20. The summed E-state index contributed by atoms with van der Waals surface area (Å²) in [6, 6.07) is 12.9. The number of aliphatic hydroxyl groups is 1. The van der Waals surface area contributed by atoms with Gasteiger partial charge in [0.25, 0.3) is 11.7 Å². The Bertz CT molecular complexity index is 1430. The minimum Gasteiger partial charge on any atom is -0.454 e. The number of amides is 1. The molecule has 1 aliphatic heterocycles. The number of benzene rings is 1. The quantitative estimate of drug-likeness (QED) is 0.562. The highest BCUT2D eigenvalue weighted by atomic mass is 16.6. The third-order valence-electron chi connectivity index (χ3n) is 7.20. The molecule has 3 aliphatic rings. The summed E-state index contributed by atoms with van der Waals surface area (Å²) >= 11 is 0. The summed E-state index contributed by atoms with van der Waals surface area (Å²) in [6.45, 7) is 4.11. The van der Waals surface area contributed by atoms with E-state index in [-0.39, 0.29) is 11.5 Å². The summed E-state index contributed by atoms with van der Waals surface area (Å²) in [5.41, 5.74) is 8.02. The van der Waals surface area contributed by atoms with Gasteiger partial charge in [0.15, 0.2) is 0 Å². The van der Waals surface area contributed by atoms with Gasteiger partial charge in [-0.25, -0.2) is 0 Å². The molecule has 7 nitrogen and oxygen atoms in total.